The zero-order valence-electron chi connectivity index (χ0n) is 13.0. The van der Waals surface area contributed by atoms with Gasteiger partial charge >= 0.3 is 0 Å². The summed E-state index contributed by atoms with van der Waals surface area (Å²) in [7, 11) is 3.05. The number of ether oxygens (including phenoxy) is 2. The molecule has 0 bridgehead atoms. The molecule has 0 fully saturated rings. The van der Waals surface area contributed by atoms with Gasteiger partial charge in [0.1, 0.15) is 11.5 Å². The van der Waals surface area contributed by atoms with Gasteiger partial charge in [-0.25, -0.2) is 0 Å². The molecule has 2 rings (SSSR count). The molecule has 0 saturated carbocycles. The number of halogens is 1. The minimum absolute atomic E-state index is 0.0649. The topological polar surface area (TPSA) is 52.6 Å². The van der Waals surface area contributed by atoms with Crippen molar-refractivity contribution in [3.05, 3.63) is 59.2 Å². The monoisotopic (exact) mass is 376 g/mol. The summed E-state index contributed by atoms with van der Waals surface area (Å²) in [5, 5.41) is 0.202. The van der Waals surface area contributed by atoms with Gasteiger partial charge < -0.3 is 9.47 Å². The smallest absolute Gasteiger partial charge is 0.177 e. The molecule has 0 aliphatic rings. The standard InChI is InChI=1S/C18H17BrO4/c1-22-17-6-4-3-5-13(17)15(20)10-12-7-8-18(23-2)14(9-12)16(21)11-19/h3-9H,10-11H2,1-2H3. The Balaban J connectivity index is 2.29. The van der Waals surface area contributed by atoms with Crippen LogP contribution in [-0.2, 0) is 6.42 Å². The number of hydrogen-bond acceptors (Lipinski definition) is 4. The first-order valence-electron chi connectivity index (χ1n) is 7.03. The summed E-state index contributed by atoms with van der Waals surface area (Å²) in [5.41, 5.74) is 1.75. The molecular weight excluding hydrogens is 360 g/mol. The number of benzene rings is 2. The minimum atomic E-state index is -0.0894. The maximum Gasteiger partial charge on any atom is 0.177 e. The highest BCUT2D eigenvalue weighted by molar-refractivity contribution is 9.09. The first-order chi connectivity index (χ1) is 11.1. The number of carbonyl (C=O) groups is 2. The van der Waals surface area contributed by atoms with Crippen molar-refractivity contribution < 1.29 is 19.1 Å². The van der Waals surface area contributed by atoms with Crippen LogP contribution in [-0.4, -0.2) is 31.1 Å². The highest BCUT2D eigenvalue weighted by atomic mass is 79.9. The first kappa shape index (κ1) is 17.2. The number of alkyl halides is 1. The van der Waals surface area contributed by atoms with Gasteiger partial charge in [-0.15, -0.1) is 0 Å². The van der Waals surface area contributed by atoms with Crippen molar-refractivity contribution in [3.63, 3.8) is 0 Å². The van der Waals surface area contributed by atoms with E-state index < -0.39 is 0 Å². The van der Waals surface area contributed by atoms with E-state index in [9.17, 15) is 9.59 Å². The van der Waals surface area contributed by atoms with Gasteiger partial charge in [0, 0.05) is 6.42 Å². The van der Waals surface area contributed by atoms with Crippen LogP contribution < -0.4 is 9.47 Å². The Morgan fingerprint density at radius 2 is 1.57 bits per heavy atom. The van der Waals surface area contributed by atoms with Crippen molar-refractivity contribution in [2.45, 2.75) is 6.42 Å². The van der Waals surface area contributed by atoms with Crippen molar-refractivity contribution in [1.82, 2.24) is 0 Å². The first-order valence-corrected chi connectivity index (χ1v) is 8.15. The van der Waals surface area contributed by atoms with E-state index in [0.29, 0.717) is 22.6 Å². The van der Waals surface area contributed by atoms with Crippen LogP contribution in [0.4, 0.5) is 0 Å². The lowest BCUT2D eigenvalue weighted by molar-refractivity contribution is 0.0985. The van der Waals surface area contributed by atoms with E-state index >= 15 is 0 Å². The Morgan fingerprint density at radius 1 is 0.913 bits per heavy atom. The second-order valence-electron chi connectivity index (χ2n) is 4.89. The van der Waals surface area contributed by atoms with Crippen LogP contribution in [0.5, 0.6) is 11.5 Å². The number of ketones is 2. The van der Waals surface area contributed by atoms with E-state index in [0.717, 1.165) is 5.56 Å². The molecule has 0 aliphatic carbocycles. The number of rotatable bonds is 7. The maximum absolute atomic E-state index is 12.5. The molecule has 0 aliphatic heterocycles. The van der Waals surface area contributed by atoms with Crippen LogP contribution in [0, 0.1) is 0 Å². The molecule has 2 aromatic rings. The third-order valence-electron chi connectivity index (χ3n) is 3.46. The summed E-state index contributed by atoms with van der Waals surface area (Å²) in [6.07, 6.45) is 0.187. The molecule has 120 valence electrons. The van der Waals surface area contributed by atoms with Gasteiger partial charge in [-0.05, 0) is 29.8 Å². The molecule has 0 atom stereocenters. The van der Waals surface area contributed by atoms with Crippen LogP contribution in [0.25, 0.3) is 0 Å². The molecule has 0 unspecified atom stereocenters. The third-order valence-corrected chi connectivity index (χ3v) is 3.97. The molecular formula is C18H17BrO4. The van der Waals surface area contributed by atoms with E-state index in [1.165, 1.54) is 14.2 Å². The van der Waals surface area contributed by atoms with Gasteiger partial charge in [0.25, 0.3) is 0 Å². The predicted octanol–water partition coefficient (Wildman–Crippen LogP) is 3.71. The molecule has 2 aromatic carbocycles. The number of Topliss-reactive ketones (excluding diaryl/α,β-unsaturated/α-hetero) is 2. The van der Waals surface area contributed by atoms with Gasteiger partial charge in [0.2, 0.25) is 0 Å². The lowest BCUT2D eigenvalue weighted by atomic mass is 9.99. The van der Waals surface area contributed by atoms with E-state index in [-0.39, 0.29) is 23.3 Å². The SMILES string of the molecule is COc1ccc(CC(=O)c2ccccc2OC)cc1C(=O)CBr. The number of para-hydroxylation sites is 1. The highest BCUT2D eigenvalue weighted by Gasteiger charge is 2.16. The largest absolute Gasteiger partial charge is 0.496 e. The second kappa shape index (κ2) is 7.92. The van der Waals surface area contributed by atoms with E-state index in [2.05, 4.69) is 15.9 Å². The number of methoxy groups -OCH3 is 2. The lowest BCUT2D eigenvalue weighted by Gasteiger charge is -2.10. The maximum atomic E-state index is 12.5. The van der Waals surface area contributed by atoms with E-state index in [1.807, 2.05) is 6.07 Å². The van der Waals surface area contributed by atoms with E-state index in [1.54, 1.807) is 36.4 Å². The van der Waals surface area contributed by atoms with Crippen molar-refractivity contribution in [2.24, 2.45) is 0 Å². The molecule has 23 heavy (non-hydrogen) atoms. The van der Waals surface area contributed by atoms with Gasteiger partial charge in [0.15, 0.2) is 11.6 Å². The molecule has 0 aromatic heterocycles. The molecule has 0 N–H and O–H groups in total. The van der Waals surface area contributed by atoms with Crippen molar-refractivity contribution in [1.29, 1.82) is 0 Å². The fourth-order valence-corrected chi connectivity index (χ4v) is 2.61. The summed E-state index contributed by atoms with van der Waals surface area (Å²) < 4.78 is 10.4. The molecule has 0 saturated heterocycles. The summed E-state index contributed by atoms with van der Waals surface area (Å²) in [4.78, 5) is 24.5. The van der Waals surface area contributed by atoms with Crippen LogP contribution in [0.15, 0.2) is 42.5 Å². The summed E-state index contributed by atoms with van der Waals surface area (Å²) in [6.45, 7) is 0. The third kappa shape index (κ3) is 3.99. The summed E-state index contributed by atoms with van der Waals surface area (Å²) in [5.74, 6) is 0.893. The fraction of sp³-hybridized carbons (Fsp3) is 0.222. The van der Waals surface area contributed by atoms with Gasteiger partial charge in [-0.3, -0.25) is 9.59 Å². The molecule has 0 amide bonds. The zero-order chi connectivity index (χ0) is 16.8. The fourth-order valence-electron chi connectivity index (χ4n) is 2.31. The van der Waals surface area contributed by atoms with Crippen LogP contribution >= 0.6 is 15.9 Å². The molecule has 4 nitrogen and oxygen atoms in total. The molecule has 5 heteroatoms. The van der Waals surface area contributed by atoms with Gasteiger partial charge in [0.05, 0.1) is 30.7 Å². The van der Waals surface area contributed by atoms with Gasteiger partial charge in [-0.2, -0.15) is 0 Å². The minimum Gasteiger partial charge on any atom is -0.496 e. The van der Waals surface area contributed by atoms with Crippen molar-refractivity contribution in [3.8, 4) is 11.5 Å². The zero-order valence-corrected chi connectivity index (χ0v) is 14.6. The Kier molecular flexibility index (Phi) is 5.93. The van der Waals surface area contributed by atoms with Crippen LogP contribution in [0.2, 0.25) is 0 Å². The summed E-state index contributed by atoms with van der Waals surface area (Å²) >= 11 is 3.16. The van der Waals surface area contributed by atoms with Crippen LogP contribution in [0.3, 0.4) is 0 Å². The quantitative estimate of drug-likeness (QED) is 0.545. The second-order valence-corrected chi connectivity index (χ2v) is 5.45. The number of hydrogen-bond donors (Lipinski definition) is 0. The van der Waals surface area contributed by atoms with E-state index in [4.69, 9.17) is 9.47 Å². The Labute approximate surface area is 143 Å². The van der Waals surface area contributed by atoms with Gasteiger partial charge in [-0.1, -0.05) is 34.1 Å². The van der Waals surface area contributed by atoms with Crippen LogP contribution in [0.1, 0.15) is 26.3 Å². The Hall–Kier alpha value is -2.14. The highest BCUT2D eigenvalue weighted by Crippen LogP contribution is 2.24. The average Bonchev–Trinajstić information content (AvgIpc) is 2.60. The number of carbonyl (C=O) groups excluding carboxylic acids is 2. The van der Waals surface area contributed by atoms with Crippen molar-refractivity contribution >= 4 is 27.5 Å². The normalized spacial score (nSPS) is 10.2. The molecule has 0 radical (unpaired) electrons. The molecule has 0 heterocycles. The predicted molar refractivity (Wildman–Crippen MR) is 92.1 cm³/mol. The average molecular weight is 377 g/mol. The Bertz CT molecular complexity index is 725. The lowest BCUT2D eigenvalue weighted by Crippen LogP contribution is -2.08. The Morgan fingerprint density at radius 3 is 2.22 bits per heavy atom. The van der Waals surface area contributed by atoms with Crippen molar-refractivity contribution in [2.75, 3.05) is 19.5 Å². The molecule has 0 spiro atoms. The summed E-state index contributed by atoms with van der Waals surface area (Å²) in [6, 6.07) is 12.3.